The summed E-state index contributed by atoms with van der Waals surface area (Å²) in [5.41, 5.74) is 2.01. The van der Waals surface area contributed by atoms with Crippen molar-refractivity contribution in [2.24, 2.45) is 11.3 Å². The maximum Gasteiger partial charge on any atom is 0.223 e. The summed E-state index contributed by atoms with van der Waals surface area (Å²) >= 11 is 1.58. The number of nitrogens with one attached hydrogen (secondary N) is 1. The van der Waals surface area contributed by atoms with Crippen molar-refractivity contribution >= 4 is 22.4 Å². The Labute approximate surface area is 110 Å². The Morgan fingerprint density at radius 2 is 2.44 bits per heavy atom. The summed E-state index contributed by atoms with van der Waals surface area (Å²) in [6, 6.07) is 0.482. The number of hydrogen-bond acceptors (Lipinski definition) is 5. The molecule has 4 rings (SSSR count). The largest absolute Gasteiger partial charge is 0.353 e. The molecule has 5 nitrogen and oxygen atoms in total. The first kappa shape index (κ1) is 10.7. The minimum atomic E-state index is 0.241. The highest BCUT2D eigenvalue weighted by molar-refractivity contribution is 7.13. The average molecular weight is 264 g/mol. The summed E-state index contributed by atoms with van der Waals surface area (Å²) in [6.45, 7) is 1.99. The monoisotopic (exact) mass is 264 g/mol. The number of nitrogens with zero attached hydrogens (tertiary/aromatic N) is 3. The number of rotatable bonds is 3. The van der Waals surface area contributed by atoms with Crippen LogP contribution in [0.2, 0.25) is 0 Å². The van der Waals surface area contributed by atoms with Crippen molar-refractivity contribution in [3.05, 3.63) is 5.51 Å². The van der Waals surface area contributed by atoms with Gasteiger partial charge in [0.1, 0.15) is 5.51 Å². The lowest BCUT2D eigenvalue weighted by Gasteiger charge is -2.14. The third-order valence-electron chi connectivity index (χ3n) is 4.43. The van der Waals surface area contributed by atoms with E-state index >= 15 is 0 Å². The lowest BCUT2D eigenvalue weighted by Crippen LogP contribution is -2.30. The maximum absolute atomic E-state index is 12.1. The van der Waals surface area contributed by atoms with Gasteiger partial charge in [0.05, 0.1) is 0 Å². The van der Waals surface area contributed by atoms with Crippen molar-refractivity contribution in [1.29, 1.82) is 0 Å². The molecule has 0 bridgehead atoms. The van der Waals surface area contributed by atoms with Gasteiger partial charge in [-0.2, -0.15) is 0 Å². The third-order valence-corrected chi connectivity index (χ3v) is 5.18. The van der Waals surface area contributed by atoms with Gasteiger partial charge in [0.15, 0.2) is 0 Å². The van der Waals surface area contributed by atoms with Crippen LogP contribution in [0.4, 0.5) is 5.13 Å². The van der Waals surface area contributed by atoms with E-state index in [0.717, 1.165) is 31.1 Å². The normalized spacial score (nSPS) is 34.0. The first-order valence-electron chi connectivity index (χ1n) is 6.58. The summed E-state index contributed by atoms with van der Waals surface area (Å²) in [5.74, 6) is 0.535. The number of aromatic nitrogens is 2. The van der Waals surface area contributed by atoms with E-state index < -0.39 is 0 Å². The minimum absolute atomic E-state index is 0.241. The van der Waals surface area contributed by atoms with Gasteiger partial charge >= 0.3 is 0 Å². The van der Waals surface area contributed by atoms with Gasteiger partial charge in [-0.1, -0.05) is 11.3 Å². The Morgan fingerprint density at radius 1 is 1.56 bits per heavy atom. The van der Waals surface area contributed by atoms with Crippen LogP contribution in [0.25, 0.3) is 0 Å². The maximum atomic E-state index is 12.1. The van der Waals surface area contributed by atoms with Crippen LogP contribution in [0, 0.1) is 11.3 Å². The van der Waals surface area contributed by atoms with E-state index in [4.69, 9.17) is 0 Å². The first-order chi connectivity index (χ1) is 8.77. The quantitative estimate of drug-likeness (QED) is 0.886. The molecule has 0 radical (unpaired) electrons. The van der Waals surface area contributed by atoms with E-state index in [0.29, 0.717) is 6.04 Å². The predicted octanol–water partition coefficient (Wildman–Crippen LogP) is 1.03. The Kier molecular flexibility index (Phi) is 2.18. The first-order valence-corrected chi connectivity index (χ1v) is 7.46. The Bertz CT molecular complexity index is 472. The highest BCUT2D eigenvalue weighted by atomic mass is 32.1. The fraction of sp³-hybridized carbons (Fsp3) is 0.750. The minimum Gasteiger partial charge on any atom is -0.353 e. The molecular weight excluding hydrogens is 248 g/mol. The molecule has 3 fully saturated rings. The number of anilines is 1. The summed E-state index contributed by atoms with van der Waals surface area (Å²) in [7, 11) is 0. The standard InChI is InChI=1S/C12H16N4OS/c17-10(14-8-1-2-8)9-5-12(9)3-4-16(6-12)11-15-13-7-18-11/h7-9H,1-6H2,(H,14,17). The second kappa shape index (κ2) is 3.66. The molecule has 2 atom stereocenters. The molecule has 18 heavy (non-hydrogen) atoms. The molecule has 1 aliphatic heterocycles. The molecule has 1 aromatic rings. The van der Waals surface area contributed by atoms with Crippen molar-refractivity contribution < 1.29 is 4.79 Å². The van der Waals surface area contributed by atoms with Crippen molar-refractivity contribution in [3.8, 4) is 0 Å². The number of carbonyl (C=O) groups excluding carboxylic acids is 1. The van der Waals surface area contributed by atoms with Gasteiger partial charge in [0.2, 0.25) is 11.0 Å². The summed E-state index contributed by atoms with van der Waals surface area (Å²) in [6.07, 6.45) is 4.51. The summed E-state index contributed by atoms with van der Waals surface area (Å²) < 4.78 is 0. The molecule has 1 N–H and O–H groups in total. The van der Waals surface area contributed by atoms with Crippen LogP contribution in [-0.4, -0.2) is 35.2 Å². The molecule has 1 saturated heterocycles. The van der Waals surface area contributed by atoms with Gasteiger partial charge in [-0.3, -0.25) is 4.79 Å². The molecule has 2 heterocycles. The number of amides is 1. The molecule has 1 amide bonds. The van der Waals surface area contributed by atoms with E-state index in [1.807, 2.05) is 0 Å². The summed E-state index contributed by atoms with van der Waals surface area (Å²) in [5, 5.41) is 12.1. The average Bonchev–Trinajstić information content (AvgIpc) is 3.15. The van der Waals surface area contributed by atoms with Gasteiger partial charge < -0.3 is 10.2 Å². The fourth-order valence-electron chi connectivity index (χ4n) is 3.06. The van der Waals surface area contributed by atoms with E-state index in [1.54, 1.807) is 16.8 Å². The van der Waals surface area contributed by atoms with E-state index in [1.165, 1.54) is 12.8 Å². The molecule has 2 aliphatic carbocycles. The molecule has 1 aromatic heterocycles. The Balaban J connectivity index is 1.40. The van der Waals surface area contributed by atoms with Crippen LogP contribution in [0.5, 0.6) is 0 Å². The van der Waals surface area contributed by atoms with Crippen LogP contribution in [-0.2, 0) is 4.79 Å². The van der Waals surface area contributed by atoms with Crippen molar-refractivity contribution in [1.82, 2.24) is 15.5 Å². The molecule has 0 aromatic carbocycles. The van der Waals surface area contributed by atoms with E-state index in [2.05, 4.69) is 20.4 Å². The summed E-state index contributed by atoms with van der Waals surface area (Å²) in [4.78, 5) is 14.3. The van der Waals surface area contributed by atoms with Gasteiger partial charge in [-0.15, -0.1) is 10.2 Å². The fourth-order valence-corrected chi connectivity index (χ4v) is 3.65. The van der Waals surface area contributed by atoms with Gasteiger partial charge in [-0.25, -0.2) is 0 Å². The second-order valence-electron chi connectivity index (χ2n) is 5.79. The highest BCUT2D eigenvalue weighted by Gasteiger charge is 2.61. The predicted molar refractivity (Wildman–Crippen MR) is 68.4 cm³/mol. The smallest absolute Gasteiger partial charge is 0.223 e. The second-order valence-corrected chi connectivity index (χ2v) is 6.61. The molecule has 3 aliphatic rings. The SMILES string of the molecule is O=C(NC1CC1)C1CC12CCN(c1nncs1)C2. The van der Waals surface area contributed by atoms with Crippen LogP contribution >= 0.6 is 11.3 Å². The molecule has 2 unspecified atom stereocenters. The zero-order valence-corrected chi connectivity index (χ0v) is 10.9. The molecule has 1 spiro atoms. The molecule has 96 valence electrons. The Morgan fingerprint density at radius 3 is 3.17 bits per heavy atom. The van der Waals surface area contributed by atoms with Gasteiger partial charge in [0, 0.05) is 30.5 Å². The number of hydrogen-bond donors (Lipinski definition) is 1. The zero-order chi connectivity index (χ0) is 12.2. The van der Waals surface area contributed by atoms with Crippen LogP contribution in [0.15, 0.2) is 5.51 Å². The van der Waals surface area contributed by atoms with Gasteiger partial charge in [0.25, 0.3) is 0 Å². The third kappa shape index (κ3) is 1.70. The number of carbonyl (C=O) groups is 1. The van der Waals surface area contributed by atoms with Crippen molar-refractivity contribution in [2.75, 3.05) is 18.0 Å². The Hall–Kier alpha value is -1.17. The van der Waals surface area contributed by atoms with Crippen molar-refractivity contribution in [2.45, 2.75) is 31.7 Å². The van der Waals surface area contributed by atoms with Crippen molar-refractivity contribution in [3.63, 3.8) is 0 Å². The van der Waals surface area contributed by atoms with Crippen LogP contribution < -0.4 is 10.2 Å². The van der Waals surface area contributed by atoms with Crippen LogP contribution in [0.1, 0.15) is 25.7 Å². The zero-order valence-electron chi connectivity index (χ0n) is 10.1. The van der Waals surface area contributed by atoms with Gasteiger partial charge in [-0.05, 0) is 25.7 Å². The molecule has 2 saturated carbocycles. The molecule has 6 heteroatoms. The lowest BCUT2D eigenvalue weighted by atomic mass is 10.0. The molecular formula is C12H16N4OS. The van der Waals surface area contributed by atoms with E-state index in [9.17, 15) is 4.79 Å². The lowest BCUT2D eigenvalue weighted by molar-refractivity contribution is -0.123. The van der Waals surface area contributed by atoms with Crippen LogP contribution in [0.3, 0.4) is 0 Å². The highest BCUT2D eigenvalue weighted by Crippen LogP contribution is 2.59. The van der Waals surface area contributed by atoms with E-state index in [-0.39, 0.29) is 17.2 Å². The topological polar surface area (TPSA) is 58.1 Å².